The first kappa shape index (κ1) is 26.1. The Morgan fingerprint density at radius 2 is 1.70 bits per heavy atom. The number of hydrogen-bond acceptors (Lipinski definition) is 6. The number of aromatic hydroxyl groups is 1. The second kappa shape index (κ2) is 10.6. The first-order valence-electron chi connectivity index (χ1n) is 12.0. The quantitative estimate of drug-likeness (QED) is 0.231. The van der Waals surface area contributed by atoms with Crippen LogP contribution in [-0.2, 0) is 9.59 Å². The van der Waals surface area contributed by atoms with E-state index in [1.54, 1.807) is 24.3 Å². The van der Waals surface area contributed by atoms with E-state index < -0.39 is 17.7 Å². The number of aliphatic hydroxyl groups is 1. The zero-order valence-electron chi connectivity index (χ0n) is 21.2. The van der Waals surface area contributed by atoms with E-state index in [2.05, 4.69) is 18.7 Å². The number of ketones is 1. The third-order valence-electron chi connectivity index (χ3n) is 6.60. The van der Waals surface area contributed by atoms with E-state index in [1.165, 1.54) is 24.1 Å². The van der Waals surface area contributed by atoms with Gasteiger partial charge in [-0.1, -0.05) is 29.8 Å². The van der Waals surface area contributed by atoms with Gasteiger partial charge in [-0.2, -0.15) is 0 Å². The van der Waals surface area contributed by atoms with Crippen LogP contribution in [0.5, 0.6) is 11.5 Å². The Balaban J connectivity index is 1.94. The fourth-order valence-corrected chi connectivity index (χ4v) is 4.84. The summed E-state index contributed by atoms with van der Waals surface area (Å²) in [4.78, 5) is 30.2. The van der Waals surface area contributed by atoms with Crippen molar-refractivity contribution in [3.63, 3.8) is 0 Å². The van der Waals surface area contributed by atoms with Gasteiger partial charge in [0.15, 0.2) is 0 Å². The molecule has 1 unspecified atom stereocenters. The molecule has 3 aromatic carbocycles. The highest BCUT2D eigenvalue weighted by molar-refractivity contribution is 6.52. The largest absolute Gasteiger partial charge is 0.507 e. The van der Waals surface area contributed by atoms with Crippen molar-refractivity contribution >= 4 is 40.4 Å². The standard InChI is InChI=1S/C29H29ClN2O5/c1-5-31(6-2)20-11-8-18(9-12-20)26-25(27(34)19-10-13-21(30)24(16-19)37-4)28(35)29(36)32(26)22-15-17(3)7-14-23(22)33/h7-16,26,33-34H,5-6H2,1-4H3/b27-25-. The van der Waals surface area contributed by atoms with Crippen molar-refractivity contribution in [1.82, 2.24) is 0 Å². The second-order valence-electron chi connectivity index (χ2n) is 8.77. The molecule has 1 aliphatic heterocycles. The van der Waals surface area contributed by atoms with Gasteiger partial charge in [-0.05, 0) is 74.4 Å². The molecule has 2 N–H and O–H groups in total. The molecular weight excluding hydrogens is 492 g/mol. The number of Topliss-reactive ketones (excluding diaryl/α,β-unsaturated/α-hetero) is 1. The Morgan fingerprint density at radius 1 is 1.03 bits per heavy atom. The molecule has 0 aliphatic carbocycles. The molecule has 8 heteroatoms. The third-order valence-corrected chi connectivity index (χ3v) is 6.91. The topological polar surface area (TPSA) is 90.3 Å². The summed E-state index contributed by atoms with van der Waals surface area (Å²) in [6.07, 6.45) is 0. The third kappa shape index (κ3) is 4.74. The lowest BCUT2D eigenvalue weighted by Crippen LogP contribution is -2.29. The number of phenols is 1. The van der Waals surface area contributed by atoms with Gasteiger partial charge < -0.3 is 19.8 Å². The summed E-state index contributed by atoms with van der Waals surface area (Å²) < 4.78 is 5.27. The predicted octanol–water partition coefficient (Wildman–Crippen LogP) is 5.84. The van der Waals surface area contributed by atoms with Crippen LogP contribution in [0.3, 0.4) is 0 Å². The highest BCUT2D eigenvalue weighted by Crippen LogP contribution is 2.45. The fraction of sp³-hybridized carbons (Fsp3) is 0.241. The number of methoxy groups -OCH3 is 1. The Labute approximate surface area is 221 Å². The van der Waals surface area contributed by atoms with Crippen molar-refractivity contribution in [3.05, 3.63) is 87.9 Å². The molecule has 0 bridgehead atoms. The van der Waals surface area contributed by atoms with Gasteiger partial charge in [0.05, 0.1) is 29.4 Å². The smallest absolute Gasteiger partial charge is 0.300 e. The van der Waals surface area contributed by atoms with Crippen molar-refractivity contribution in [2.45, 2.75) is 26.8 Å². The lowest BCUT2D eigenvalue weighted by Gasteiger charge is -2.27. The van der Waals surface area contributed by atoms with Gasteiger partial charge in [0.1, 0.15) is 17.3 Å². The molecule has 1 aliphatic rings. The van der Waals surface area contributed by atoms with E-state index in [0.717, 1.165) is 24.3 Å². The number of phenolic OH excluding ortho intramolecular Hbond substituents is 1. The maximum Gasteiger partial charge on any atom is 0.300 e. The number of anilines is 2. The zero-order chi connectivity index (χ0) is 26.9. The number of rotatable bonds is 7. The Morgan fingerprint density at radius 3 is 2.32 bits per heavy atom. The SMILES string of the molecule is CCN(CC)c1ccc(C2/C(=C(/O)c3ccc(Cl)c(OC)c3)C(=O)C(=O)N2c2cc(C)ccc2O)cc1. The average molecular weight is 521 g/mol. The van der Waals surface area contributed by atoms with Gasteiger partial charge in [0.2, 0.25) is 0 Å². The number of ether oxygens (including phenoxy) is 1. The number of amides is 1. The zero-order valence-corrected chi connectivity index (χ0v) is 21.9. The van der Waals surface area contributed by atoms with Crippen LogP contribution in [0.25, 0.3) is 5.76 Å². The highest BCUT2D eigenvalue weighted by Gasteiger charge is 2.47. The summed E-state index contributed by atoms with van der Waals surface area (Å²) in [5.41, 5.74) is 2.77. The number of hydrogen-bond donors (Lipinski definition) is 2. The molecule has 1 amide bonds. The minimum Gasteiger partial charge on any atom is -0.507 e. The number of aryl methyl sites for hydroxylation is 1. The minimum atomic E-state index is -0.972. The number of benzene rings is 3. The van der Waals surface area contributed by atoms with Crippen LogP contribution < -0.4 is 14.5 Å². The number of halogens is 1. The van der Waals surface area contributed by atoms with Gasteiger partial charge in [-0.25, -0.2) is 0 Å². The summed E-state index contributed by atoms with van der Waals surface area (Å²) in [6, 6.07) is 16.0. The molecule has 1 atom stereocenters. The van der Waals surface area contributed by atoms with Crippen molar-refractivity contribution < 1.29 is 24.5 Å². The van der Waals surface area contributed by atoms with E-state index in [0.29, 0.717) is 16.3 Å². The van der Waals surface area contributed by atoms with Crippen LogP contribution in [0.2, 0.25) is 5.02 Å². The van der Waals surface area contributed by atoms with Crippen LogP contribution >= 0.6 is 11.6 Å². The summed E-state index contributed by atoms with van der Waals surface area (Å²) in [6.45, 7) is 7.60. The van der Waals surface area contributed by atoms with Gasteiger partial charge in [0, 0.05) is 24.3 Å². The maximum absolute atomic E-state index is 13.4. The molecule has 7 nitrogen and oxygen atoms in total. The Hall–Kier alpha value is -3.97. The second-order valence-corrected chi connectivity index (χ2v) is 9.18. The molecule has 37 heavy (non-hydrogen) atoms. The summed E-state index contributed by atoms with van der Waals surface area (Å²) in [7, 11) is 1.45. The number of aliphatic hydroxyl groups excluding tert-OH is 1. The molecule has 1 saturated heterocycles. The summed E-state index contributed by atoms with van der Waals surface area (Å²) in [5.74, 6) is -1.89. The van der Waals surface area contributed by atoms with Crippen LogP contribution in [0.4, 0.5) is 11.4 Å². The molecule has 4 rings (SSSR count). The molecule has 0 aromatic heterocycles. The predicted molar refractivity (Wildman–Crippen MR) is 146 cm³/mol. The molecule has 0 saturated carbocycles. The van der Waals surface area contributed by atoms with E-state index in [9.17, 15) is 19.8 Å². The van der Waals surface area contributed by atoms with Crippen LogP contribution in [-0.4, -0.2) is 42.1 Å². The van der Waals surface area contributed by atoms with Crippen LogP contribution in [0.15, 0.2) is 66.2 Å². The van der Waals surface area contributed by atoms with Crippen LogP contribution in [0.1, 0.15) is 36.6 Å². The number of carbonyl (C=O) groups excluding carboxylic acids is 2. The van der Waals surface area contributed by atoms with E-state index >= 15 is 0 Å². The van der Waals surface area contributed by atoms with Gasteiger partial charge in [-0.3, -0.25) is 14.5 Å². The molecule has 0 radical (unpaired) electrons. The Bertz CT molecular complexity index is 1380. The molecule has 3 aromatic rings. The Kier molecular flexibility index (Phi) is 7.45. The molecule has 1 heterocycles. The van der Waals surface area contributed by atoms with Gasteiger partial charge >= 0.3 is 0 Å². The maximum atomic E-state index is 13.4. The lowest BCUT2D eigenvalue weighted by molar-refractivity contribution is -0.132. The van der Waals surface area contributed by atoms with E-state index in [1.807, 2.05) is 31.2 Å². The normalized spacial score (nSPS) is 16.8. The fourth-order valence-electron chi connectivity index (χ4n) is 4.64. The minimum absolute atomic E-state index is 0.0918. The molecule has 1 fully saturated rings. The van der Waals surface area contributed by atoms with Gasteiger partial charge in [0.25, 0.3) is 11.7 Å². The average Bonchev–Trinajstić information content (AvgIpc) is 3.16. The number of carbonyl (C=O) groups is 2. The van der Waals surface area contributed by atoms with Crippen molar-refractivity contribution in [2.75, 3.05) is 30.0 Å². The van der Waals surface area contributed by atoms with Crippen molar-refractivity contribution in [2.24, 2.45) is 0 Å². The number of nitrogens with zero attached hydrogens (tertiary/aromatic N) is 2. The van der Waals surface area contributed by atoms with Crippen molar-refractivity contribution in [3.8, 4) is 11.5 Å². The first-order valence-corrected chi connectivity index (χ1v) is 12.4. The summed E-state index contributed by atoms with van der Waals surface area (Å²) >= 11 is 6.15. The molecule has 192 valence electrons. The van der Waals surface area contributed by atoms with E-state index in [-0.39, 0.29) is 28.3 Å². The van der Waals surface area contributed by atoms with Crippen LogP contribution in [0, 0.1) is 6.92 Å². The molecule has 0 spiro atoms. The lowest BCUT2D eigenvalue weighted by atomic mass is 9.94. The first-order chi connectivity index (χ1) is 17.7. The molecular formula is C29H29ClN2O5. The summed E-state index contributed by atoms with van der Waals surface area (Å²) in [5, 5.41) is 22.4. The highest BCUT2D eigenvalue weighted by atomic mass is 35.5. The monoisotopic (exact) mass is 520 g/mol. The van der Waals surface area contributed by atoms with Gasteiger partial charge in [-0.15, -0.1) is 0 Å². The van der Waals surface area contributed by atoms with Crippen molar-refractivity contribution in [1.29, 1.82) is 0 Å². The van der Waals surface area contributed by atoms with E-state index in [4.69, 9.17) is 16.3 Å².